The highest BCUT2D eigenvalue weighted by molar-refractivity contribution is 8.17. The Kier molecular flexibility index (Phi) is 5.32. The molecule has 0 saturated carbocycles. The third kappa shape index (κ3) is 3.80. The summed E-state index contributed by atoms with van der Waals surface area (Å²) in [7, 11) is 0. The standard InChI is InChI=1S/C11H12N4O4S2/c12-14-13-9-10(17)8(16)5-20-11(9)21-7-3-1-6(2-4-7)15(18)19/h1-4,8-11,16-17H,5H2/t8-,9+,10+,11+/m1/s1. The van der Waals surface area contributed by atoms with Gasteiger partial charge in [-0.05, 0) is 17.7 Å². The lowest BCUT2D eigenvalue weighted by molar-refractivity contribution is -0.384. The van der Waals surface area contributed by atoms with E-state index in [4.69, 9.17) is 5.53 Å². The fourth-order valence-electron chi connectivity index (χ4n) is 1.85. The number of azide groups is 1. The summed E-state index contributed by atoms with van der Waals surface area (Å²) in [6.45, 7) is 0. The number of thioether (sulfide) groups is 2. The minimum atomic E-state index is -1.11. The number of hydrogen-bond acceptors (Lipinski definition) is 7. The number of nitro benzene ring substituents is 1. The maximum atomic E-state index is 10.6. The first-order valence-corrected chi connectivity index (χ1v) is 7.89. The van der Waals surface area contributed by atoms with Gasteiger partial charge in [-0.2, -0.15) is 0 Å². The van der Waals surface area contributed by atoms with Crippen LogP contribution in [0.25, 0.3) is 10.4 Å². The summed E-state index contributed by atoms with van der Waals surface area (Å²) >= 11 is 2.73. The maximum Gasteiger partial charge on any atom is 0.269 e. The summed E-state index contributed by atoms with van der Waals surface area (Å²) in [4.78, 5) is 13.6. The zero-order valence-corrected chi connectivity index (χ0v) is 12.3. The third-order valence-electron chi connectivity index (χ3n) is 2.94. The maximum absolute atomic E-state index is 10.6. The molecule has 0 unspecified atom stereocenters. The second-order valence-corrected chi connectivity index (χ2v) is 7.01. The van der Waals surface area contributed by atoms with Gasteiger partial charge in [0.1, 0.15) is 0 Å². The van der Waals surface area contributed by atoms with Gasteiger partial charge >= 0.3 is 0 Å². The van der Waals surface area contributed by atoms with Crippen LogP contribution in [0.5, 0.6) is 0 Å². The first-order chi connectivity index (χ1) is 10.0. The van der Waals surface area contributed by atoms with E-state index in [9.17, 15) is 20.3 Å². The Morgan fingerprint density at radius 3 is 2.67 bits per heavy atom. The normalized spacial score (nSPS) is 28.7. The molecule has 1 aliphatic heterocycles. The monoisotopic (exact) mass is 328 g/mol. The molecule has 4 atom stereocenters. The van der Waals surface area contributed by atoms with Crippen LogP contribution in [0.1, 0.15) is 0 Å². The molecule has 0 radical (unpaired) electrons. The molecule has 1 fully saturated rings. The number of rotatable bonds is 4. The SMILES string of the molecule is [N-]=[N+]=N[C@@H]1[C@H](Sc2ccc([N+](=O)[O-])cc2)SC[C@@H](O)[C@@H]1O. The molecule has 1 heterocycles. The van der Waals surface area contributed by atoms with Crippen molar-refractivity contribution in [2.75, 3.05) is 5.75 Å². The van der Waals surface area contributed by atoms with Gasteiger partial charge in [0.05, 0.1) is 27.8 Å². The van der Waals surface area contributed by atoms with Gasteiger partial charge in [0.25, 0.3) is 5.69 Å². The van der Waals surface area contributed by atoms with Crippen LogP contribution in [0, 0.1) is 10.1 Å². The summed E-state index contributed by atoms with van der Waals surface area (Å²) in [6.07, 6.45) is -2.04. The van der Waals surface area contributed by atoms with Crippen molar-refractivity contribution in [3.63, 3.8) is 0 Å². The summed E-state index contributed by atoms with van der Waals surface area (Å²) in [5.74, 6) is 0.337. The number of benzene rings is 1. The molecule has 2 rings (SSSR count). The summed E-state index contributed by atoms with van der Waals surface area (Å²) in [5.41, 5.74) is 8.57. The molecule has 0 aromatic heterocycles. The predicted octanol–water partition coefficient (Wildman–Crippen LogP) is 2.16. The van der Waals surface area contributed by atoms with E-state index in [0.29, 0.717) is 5.75 Å². The van der Waals surface area contributed by atoms with E-state index >= 15 is 0 Å². The van der Waals surface area contributed by atoms with Crippen LogP contribution in [-0.4, -0.2) is 43.7 Å². The van der Waals surface area contributed by atoms with E-state index in [0.717, 1.165) is 4.90 Å². The fraction of sp³-hybridized carbons (Fsp3) is 0.455. The van der Waals surface area contributed by atoms with Crippen molar-refractivity contribution < 1.29 is 15.1 Å². The van der Waals surface area contributed by atoms with Crippen LogP contribution < -0.4 is 0 Å². The Hall–Kier alpha value is -1.45. The van der Waals surface area contributed by atoms with Crippen molar-refractivity contribution in [2.45, 2.75) is 27.7 Å². The Labute approximate surface area is 128 Å². The second-order valence-electron chi connectivity index (χ2n) is 4.32. The lowest BCUT2D eigenvalue weighted by Gasteiger charge is -2.34. The summed E-state index contributed by atoms with van der Waals surface area (Å²) < 4.78 is -0.263. The molecule has 0 amide bonds. The number of nitro groups is 1. The molecule has 0 bridgehead atoms. The van der Waals surface area contributed by atoms with Gasteiger partial charge in [-0.25, -0.2) is 0 Å². The van der Waals surface area contributed by atoms with Crippen molar-refractivity contribution in [1.29, 1.82) is 0 Å². The minimum Gasteiger partial charge on any atom is -0.390 e. The van der Waals surface area contributed by atoms with Crippen LogP contribution in [-0.2, 0) is 0 Å². The van der Waals surface area contributed by atoms with E-state index in [2.05, 4.69) is 10.0 Å². The van der Waals surface area contributed by atoms with Gasteiger partial charge in [-0.1, -0.05) is 5.11 Å². The van der Waals surface area contributed by atoms with E-state index in [1.165, 1.54) is 35.7 Å². The quantitative estimate of drug-likeness (QED) is 0.286. The molecular weight excluding hydrogens is 316 g/mol. The molecule has 1 aromatic carbocycles. The third-order valence-corrected chi connectivity index (χ3v) is 5.83. The highest BCUT2D eigenvalue weighted by Crippen LogP contribution is 2.40. The highest BCUT2D eigenvalue weighted by Gasteiger charge is 2.38. The average Bonchev–Trinajstić information content (AvgIpc) is 2.47. The molecule has 112 valence electrons. The average molecular weight is 328 g/mol. The van der Waals surface area contributed by atoms with E-state index < -0.39 is 23.2 Å². The molecular formula is C11H12N4O4S2. The minimum absolute atomic E-state index is 0.00213. The summed E-state index contributed by atoms with van der Waals surface area (Å²) in [6, 6.07) is 5.23. The van der Waals surface area contributed by atoms with Crippen molar-refractivity contribution >= 4 is 29.2 Å². The van der Waals surface area contributed by atoms with Crippen LogP contribution in [0.2, 0.25) is 0 Å². The Morgan fingerprint density at radius 2 is 2.10 bits per heavy atom. The first-order valence-electron chi connectivity index (χ1n) is 5.96. The molecule has 21 heavy (non-hydrogen) atoms. The van der Waals surface area contributed by atoms with Gasteiger partial charge in [0.2, 0.25) is 0 Å². The van der Waals surface area contributed by atoms with Crippen molar-refractivity contribution in [2.24, 2.45) is 5.11 Å². The lowest BCUT2D eigenvalue weighted by Crippen LogP contribution is -2.46. The Bertz CT molecular complexity index is 564. The number of non-ortho nitro benzene ring substituents is 1. The van der Waals surface area contributed by atoms with E-state index in [1.807, 2.05) is 0 Å². The predicted molar refractivity (Wildman–Crippen MR) is 80.1 cm³/mol. The largest absolute Gasteiger partial charge is 0.390 e. The van der Waals surface area contributed by atoms with Gasteiger partial charge in [-0.15, -0.1) is 23.5 Å². The number of nitrogens with zero attached hydrogens (tertiary/aromatic N) is 4. The molecule has 1 aliphatic rings. The molecule has 0 spiro atoms. The van der Waals surface area contributed by atoms with E-state index in [-0.39, 0.29) is 10.3 Å². The van der Waals surface area contributed by atoms with Gasteiger partial charge < -0.3 is 10.2 Å². The molecule has 1 aromatic rings. The smallest absolute Gasteiger partial charge is 0.269 e. The van der Waals surface area contributed by atoms with E-state index in [1.54, 1.807) is 12.1 Å². The van der Waals surface area contributed by atoms with Gasteiger partial charge in [0.15, 0.2) is 0 Å². The topological polar surface area (TPSA) is 132 Å². The first kappa shape index (κ1) is 15.9. The molecule has 8 nitrogen and oxygen atoms in total. The van der Waals surface area contributed by atoms with Crippen molar-refractivity contribution in [3.05, 3.63) is 44.8 Å². The van der Waals surface area contributed by atoms with Crippen molar-refractivity contribution in [3.8, 4) is 0 Å². The fourth-order valence-corrected chi connectivity index (χ4v) is 4.60. The molecule has 0 aliphatic carbocycles. The van der Waals surface area contributed by atoms with Gasteiger partial charge in [-0.3, -0.25) is 10.1 Å². The summed E-state index contributed by atoms with van der Waals surface area (Å²) in [5, 5.41) is 33.7. The Morgan fingerprint density at radius 1 is 1.43 bits per heavy atom. The molecule has 2 N–H and O–H groups in total. The van der Waals surface area contributed by atoms with Crippen LogP contribution in [0.4, 0.5) is 5.69 Å². The second kappa shape index (κ2) is 7.01. The molecule has 10 heteroatoms. The lowest BCUT2D eigenvalue weighted by atomic mass is 10.1. The zero-order chi connectivity index (χ0) is 15.4. The number of hydrogen-bond donors (Lipinski definition) is 2. The Balaban J connectivity index is 2.13. The number of aliphatic hydroxyl groups excluding tert-OH is 2. The molecule has 1 saturated heterocycles. The van der Waals surface area contributed by atoms with Crippen LogP contribution in [0.15, 0.2) is 34.3 Å². The van der Waals surface area contributed by atoms with Crippen molar-refractivity contribution in [1.82, 2.24) is 0 Å². The highest BCUT2D eigenvalue weighted by atomic mass is 32.2. The number of aliphatic hydroxyl groups is 2. The zero-order valence-electron chi connectivity index (χ0n) is 10.6. The van der Waals surface area contributed by atoms with Gasteiger partial charge in [0, 0.05) is 27.7 Å². The van der Waals surface area contributed by atoms with Crippen LogP contribution >= 0.6 is 23.5 Å². The van der Waals surface area contributed by atoms with Crippen LogP contribution in [0.3, 0.4) is 0 Å².